The molecule has 1 rings (SSSR count). The fourth-order valence-corrected chi connectivity index (χ4v) is 2.07. The first-order chi connectivity index (χ1) is 7.43. The van der Waals surface area contributed by atoms with E-state index in [1.54, 1.807) is 6.92 Å². The number of ether oxygens (including phenoxy) is 1. The van der Waals surface area contributed by atoms with Gasteiger partial charge in [-0.1, -0.05) is 13.0 Å². The second kappa shape index (κ2) is 5.34. The van der Waals surface area contributed by atoms with Crippen molar-refractivity contribution in [3.8, 4) is 5.75 Å². The van der Waals surface area contributed by atoms with Crippen LogP contribution in [0.2, 0.25) is 0 Å². The first-order valence-electron chi connectivity index (χ1n) is 5.34. The standard InChI is InChI=1S/C12H18O3S/c1-4-16(13,14)6-5-15-12-8-10(2)7-11(3)9-12/h7-9H,4-6H2,1-3H3. The zero-order valence-electron chi connectivity index (χ0n) is 9.99. The van der Waals surface area contributed by atoms with Crippen LogP contribution in [0.25, 0.3) is 0 Å². The Balaban J connectivity index is 2.55. The van der Waals surface area contributed by atoms with Crippen molar-refractivity contribution in [3.63, 3.8) is 0 Å². The van der Waals surface area contributed by atoms with Gasteiger partial charge in [-0.05, 0) is 37.1 Å². The molecule has 1 aromatic rings. The summed E-state index contributed by atoms with van der Waals surface area (Å²) < 4.78 is 27.9. The molecule has 90 valence electrons. The fourth-order valence-electron chi connectivity index (χ4n) is 1.45. The third-order valence-electron chi connectivity index (χ3n) is 2.30. The van der Waals surface area contributed by atoms with Gasteiger partial charge in [0.1, 0.15) is 12.4 Å². The molecular formula is C12H18O3S. The van der Waals surface area contributed by atoms with E-state index in [1.807, 2.05) is 26.0 Å². The molecule has 0 aromatic heterocycles. The van der Waals surface area contributed by atoms with Crippen LogP contribution in [0, 0.1) is 13.8 Å². The minimum atomic E-state index is -2.93. The topological polar surface area (TPSA) is 43.4 Å². The first kappa shape index (κ1) is 13.0. The van der Waals surface area contributed by atoms with E-state index in [0.717, 1.165) is 16.9 Å². The van der Waals surface area contributed by atoms with E-state index >= 15 is 0 Å². The smallest absolute Gasteiger partial charge is 0.153 e. The Morgan fingerprint density at radius 1 is 1.12 bits per heavy atom. The van der Waals surface area contributed by atoms with Gasteiger partial charge in [-0.15, -0.1) is 0 Å². The monoisotopic (exact) mass is 242 g/mol. The maximum absolute atomic E-state index is 11.2. The van der Waals surface area contributed by atoms with Crippen molar-refractivity contribution in [3.05, 3.63) is 29.3 Å². The largest absolute Gasteiger partial charge is 0.493 e. The SMILES string of the molecule is CCS(=O)(=O)CCOc1cc(C)cc(C)c1. The summed E-state index contributed by atoms with van der Waals surface area (Å²) in [6.07, 6.45) is 0. The van der Waals surface area contributed by atoms with E-state index in [4.69, 9.17) is 4.74 Å². The van der Waals surface area contributed by atoms with Gasteiger partial charge in [0.15, 0.2) is 9.84 Å². The van der Waals surface area contributed by atoms with Gasteiger partial charge in [-0.25, -0.2) is 8.42 Å². The van der Waals surface area contributed by atoms with Gasteiger partial charge in [0.25, 0.3) is 0 Å². The molecule has 1 aromatic carbocycles. The third kappa shape index (κ3) is 4.23. The van der Waals surface area contributed by atoms with E-state index in [2.05, 4.69) is 6.07 Å². The average Bonchev–Trinajstić information content (AvgIpc) is 2.16. The number of benzene rings is 1. The summed E-state index contributed by atoms with van der Waals surface area (Å²) in [5, 5.41) is 0. The van der Waals surface area contributed by atoms with Crippen molar-refractivity contribution in [2.45, 2.75) is 20.8 Å². The van der Waals surface area contributed by atoms with Crippen LogP contribution in [0.3, 0.4) is 0 Å². The minimum Gasteiger partial charge on any atom is -0.493 e. The highest BCUT2D eigenvalue weighted by atomic mass is 32.2. The lowest BCUT2D eigenvalue weighted by Crippen LogP contribution is -2.15. The highest BCUT2D eigenvalue weighted by Crippen LogP contribution is 2.16. The summed E-state index contributed by atoms with van der Waals surface area (Å²) >= 11 is 0. The molecule has 0 atom stereocenters. The Hall–Kier alpha value is -1.03. The molecule has 0 amide bonds. The molecule has 0 saturated heterocycles. The molecule has 0 radical (unpaired) electrons. The molecule has 0 aliphatic heterocycles. The summed E-state index contributed by atoms with van der Waals surface area (Å²) in [6.45, 7) is 5.84. The van der Waals surface area contributed by atoms with Crippen molar-refractivity contribution < 1.29 is 13.2 Å². The number of sulfone groups is 1. The summed E-state index contributed by atoms with van der Waals surface area (Å²) in [7, 11) is -2.93. The number of hydrogen-bond donors (Lipinski definition) is 0. The van der Waals surface area contributed by atoms with Gasteiger partial charge in [0.2, 0.25) is 0 Å². The van der Waals surface area contributed by atoms with E-state index in [1.165, 1.54) is 0 Å². The van der Waals surface area contributed by atoms with Gasteiger partial charge in [0.05, 0.1) is 5.75 Å². The Bertz CT molecular complexity index is 429. The molecule has 0 heterocycles. The van der Waals surface area contributed by atoms with E-state index in [-0.39, 0.29) is 18.1 Å². The highest BCUT2D eigenvalue weighted by molar-refractivity contribution is 7.91. The highest BCUT2D eigenvalue weighted by Gasteiger charge is 2.07. The molecule has 16 heavy (non-hydrogen) atoms. The van der Waals surface area contributed by atoms with Crippen LogP contribution in [0.1, 0.15) is 18.1 Å². The fraction of sp³-hybridized carbons (Fsp3) is 0.500. The Kier molecular flexibility index (Phi) is 4.35. The number of rotatable bonds is 5. The van der Waals surface area contributed by atoms with Crippen LogP contribution in [-0.4, -0.2) is 26.5 Å². The van der Waals surface area contributed by atoms with Crippen LogP contribution in [0.5, 0.6) is 5.75 Å². The Labute approximate surface area is 97.4 Å². The van der Waals surface area contributed by atoms with Crippen molar-refractivity contribution in [1.29, 1.82) is 0 Å². The molecule has 0 saturated carbocycles. The molecule has 0 fully saturated rings. The van der Waals surface area contributed by atoms with Crippen molar-refractivity contribution >= 4 is 9.84 Å². The van der Waals surface area contributed by atoms with Gasteiger partial charge in [-0.3, -0.25) is 0 Å². The van der Waals surface area contributed by atoms with Crippen LogP contribution in [0.4, 0.5) is 0 Å². The maximum Gasteiger partial charge on any atom is 0.153 e. The molecule has 0 spiro atoms. The zero-order valence-corrected chi connectivity index (χ0v) is 10.8. The zero-order chi connectivity index (χ0) is 12.2. The summed E-state index contributed by atoms with van der Waals surface area (Å²) in [4.78, 5) is 0. The number of hydrogen-bond acceptors (Lipinski definition) is 3. The van der Waals surface area contributed by atoms with Gasteiger partial charge in [0, 0.05) is 5.75 Å². The molecule has 0 bridgehead atoms. The lowest BCUT2D eigenvalue weighted by Gasteiger charge is -2.08. The second-order valence-corrected chi connectivity index (χ2v) is 6.38. The predicted octanol–water partition coefficient (Wildman–Crippen LogP) is 2.12. The van der Waals surface area contributed by atoms with Crippen molar-refractivity contribution in [1.82, 2.24) is 0 Å². The van der Waals surface area contributed by atoms with Crippen molar-refractivity contribution in [2.24, 2.45) is 0 Å². The van der Waals surface area contributed by atoms with Crippen LogP contribution >= 0.6 is 0 Å². The van der Waals surface area contributed by atoms with Crippen LogP contribution in [-0.2, 0) is 9.84 Å². The minimum absolute atomic E-state index is 0.0799. The summed E-state index contributed by atoms with van der Waals surface area (Å²) in [5.41, 5.74) is 2.24. The maximum atomic E-state index is 11.2. The normalized spacial score (nSPS) is 11.4. The molecule has 0 N–H and O–H groups in total. The van der Waals surface area contributed by atoms with E-state index < -0.39 is 9.84 Å². The first-order valence-corrected chi connectivity index (χ1v) is 7.16. The van der Waals surface area contributed by atoms with E-state index in [9.17, 15) is 8.42 Å². The Morgan fingerprint density at radius 2 is 1.69 bits per heavy atom. The van der Waals surface area contributed by atoms with Gasteiger partial charge >= 0.3 is 0 Å². The van der Waals surface area contributed by atoms with Crippen molar-refractivity contribution in [2.75, 3.05) is 18.1 Å². The Morgan fingerprint density at radius 3 is 2.19 bits per heavy atom. The van der Waals surface area contributed by atoms with Crippen LogP contribution in [0.15, 0.2) is 18.2 Å². The predicted molar refractivity (Wildman–Crippen MR) is 65.7 cm³/mol. The second-order valence-electron chi connectivity index (χ2n) is 3.91. The average molecular weight is 242 g/mol. The van der Waals surface area contributed by atoms with E-state index in [0.29, 0.717) is 0 Å². The lowest BCUT2D eigenvalue weighted by atomic mass is 10.1. The quantitative estimate of drug-likeness (QED) is 0.794. The molecule has 0 aliphatic rings. The summed E-state index contributed by atoms with van der Waals surface area (Å²) in [6, 6.07) is 5.87. The molecule has 3 nitrogen and oxygen atoms in total. The van der Waals surface area contributed by atoms with Crippen LogP contribution < -0.4 is 4.74 Å². The summed E-state index contributed by atoms with van der Waals surface area (Å²) in [5.74, 6) is 0.989. The van der Waals surface area contributed by atoms with Gasteiger partial charge in [-0.2, -0.15) is 0 Å². The molecule has 0 aliphatic carbocycles. The molecule has 4 heteroatoms. The number of aryl methyl sites for hydroxylation is 2. The molecular weight excluding hydrogens is 224 g/mol. The molecule has 0 unspecified atom stereocenters. The lowest BCUT2D eigenvalue weighted by molar-refractivity contribution is 0.340. The third-order valence-corrected chi connectivity index (χ3v) is 3.97. The van der Waals surface area contributed by atoms with Gasteiger partial charge < -0.3 is 4.74 Å².